The third-order valence-electron chi connectivity index (χ3n) is 7.06. The lowest BCUT2D eigenvalue weighted by Gasteiger charge is -2.23. The molecular weight excluding hydrogens is 530 g/mol. The maximum absolute atomic E-state index is 14.0. The van der Waals surface area contributed by atoms with E-state index in [0.717, 1.165) is 68.4 Å². The predicted molar refractivity (Wildman–Crippen MR) is 137 cm³/mol. The second-order valence-corrected chi connectivity index (χ2v) is 9.97. The first-order valence-corrected chi connectivity index (χ1v) is 13.2. The van der Waals surface area contributed by atoms with Crippen molar-refractivity contribution in [1.82, 2.24) is 35.8 Å². The topological polar surface area (TPSA) is 107 Å². The number of hydrogen-bond donors (Lipinski definition) is 2. The third-order valence-corrected chi connectivity index (χ3v) is 7.06. The number of unbranched alkanes of at least 4 members (excludes halogenated alkanes) is 1. The number of alkyl halides is 3. The van der Waals surface area contributed by atoms with Gasteiger partial charge in [-0.1, -0.05) is 16.9 Å². The second kappa shape index (κ2) is 12.1. The molecule has 1 aromatic carbocycles. The first kappa shape index (κ1) is 27.7. The second-order valence-electron chi connectivity index (χ2n) is 9.97. The normalized spacial score (nSPS) is 15.6. The van der Waals surface area contributed by atoms with Crippen LogP contribution in [0.25, 0.3) is 6.08 Å². The third kappa shape index (κ3) is 7.20. The quantitative estimate of drug-likeness (QED) is 0.286. The van der Waals surface area contributed by atoms with Gasteiger partial charge < -0.3 is 15.4 Å². The fraction of sp³-hybridized carbons (Fsp3) is 0.444. The van der Waals surface area contributed by atoms with Crippen LogP contribution in [0.3, 0.4) is 0 Å². The molecule has 13 heteroatoms. The smallest absolute Gasteiger partial charge is 0.406 e. The maximum Gasteiger partial charge on any atom is 0.573 e. The molecule has 1 aliphatic heterocycles. The van der Waals surface area contributed by atoms with Crippen molar-refractivity contribution in [3.05, 3.63) is 70.1 Å². The van der Waals surface area contributed by atoms with E-state index >= 15 is 0 Å². The van der Waals surface area contributed by atoms with Crippen LogP contribution in [0.1, 0.15) is 58.7 Å². The molecule has 40 heavy (non-hydrogen) atoms. The van der Waals surface area contributed by atoms with Gasteiger partial charge in [0.15, 0.2) is 5.69 Å². The van der Waals surface area contributed by atoms with Gasteiger partial charge in [-0.05, 0) is 80.9 Å². The van der Waals surface area contributed by atoms with Gasteiger partial charge in [0.1, 0.15) is 11.6 Å². The SMILES string of the molecule is O=C(NCc1cc(OC(F)(F)F)ccc1F)c1cn(CCCCc2cc3c(nn2)CC(C2CCNCC2)=C3)nn1. The zero-order valence-electron chi connectivity index (χ0n) is 21.7. The first-order chi connectivity index (χ1) is 19.2. The molecule has 9 nitrogen and oxygen atoms in total. The highest BCUT2D eigenvalue weighted by molar-refractivity contribution is 5.91. The number of fused-ring (bicyclic) bond motifs is 1. The van der Waals surface area contributed by atoms with Crippen molar-refractivity contribution in [3.63, 3.8) is 0 Å². The molecule has 5 rings (SSSR count). The van der Waals surface area contributed by atoms with E-state index in [1.165, 1.54) is 34.9 Å². The van der Waals surface area contributed by atoms with Gasteiger partial charge in [-0.3, -0.25) is 9.48 Å². The van der Waals surface area contributed by atoms with E-state index in [4.69, 9.17) is 0 Å². The zero-order chi connectivity index (χ0) is 28.1. The Labute approximate surface area is 228 Å². The number of carbonyl (C=O) groups excluding carboxylic acids is 1. The largest absolute Gasteiger partial charge is 0.573 e. The molecule has 1 aliphatic carbocycles. The summed E-state index contributed by atoms with van der Waals surface area (Å²) in [7, 11) is 0. The number of amides is 1. The van der Waals surface area contributed by atoms with E-state index in [-0.39, 0.29) is 17.8 Å². The number of piperidine rings is 1. The molecule has 2 N–H and O–H groups in total. The summed E-state index contributed by atoms with van der Waals surface area (Å²) in [4.78, 5) is 12.4. The molecule has 1 fully saturated rings. The van der Waals surface area contributed by atoms with Crippen molar-refractivity contribution in [2.45, 2.75) is 58.0 Å². The van der Waals surface area contributed by atoms with E-state index in [1.807, 2.05) is 0 Å². The van der Waals surface area contributed by atoms with Crippen LogP contribution in [0.15, 0.2) is 36.0 Å². The Hall–Kier alpha value is -3.87. The average Bonchev–Trinajstić information content (AvgIpc) is 3.58. The number of nitrogens with one attached hydrogen (secondary N) is 2. The highest BCUT2D eigenvalue weighted by Gasteiger charge is 2.31. The fourth-order valence-corrected chi connectivity index (χ4v) is 5.00. The van der Waals surface area contributed by atoms with Gasteiger partial charge in [0.25, 0.3) is 5.91 Å². The number of hydrogen-bond acceptors (Lipinski definition) is 7. The molecule has 1 saturated heterocycles. The van der Waals surface area contributed by atoms with Gasteiger partial charge >= 0.3 is 6.36 Å². The number of nitrogens with zero attached hydrogens (tertiary/aromatic N) is 5. The minimum atomic E-state index is -4.90. The van der Waals surface area contributed by atoms with Crippen LogP contribution in [0.5, 0.6) is 5.75 Å². The summed E-state index contributed by atoms with van der Waals surface area (Å²) in [5.41, 5.74) is 4.49. The molecule has 3 heterocycles. The van der Waals surface area contributed by atoms with Crippen molar-refractivity contribution < 1.29 is 27.1 Å². The summed E-state index contributed by atoms with van der Waals surface area (Å²) in [6, 6.07) is 4.72. The lowest BCUT2D eigenvalue weighted by atomic mass is 9.89. The minimum absolute atomic E-state index is 0.0175. The molecule has 1 amide bonds. The highest BCUT2D eigenvalue weighted by atomic mass is 19.4. The average molecular weight is 560 g/mol. The van der Waals surface area contributed by atoms with E-state index < -0.39 is 23.8 Å². The Morgan fingerprint density at radius 2 is 1.95 bits per heavy atom. The summed E-state index contributed by atoms with van der Waals surface area (Å²) in [6.45, 7) is 2.31. The molecule has 0 saturated carbocycles. The van der Waals surface area contributed by atoms with Crippen molar-refractivity contribution in [2.75, 3.05) is 13.1 Å². The molecule has 3 aromatic rings. The van der Waals surface area contributed by atoms with Gasteiger partial charge in [0.05, 0.1) is 17.6 Å². The van der Waals surface area contributed by atoms with Crippen LogP contribution >= 0.6 is 0 Å². The Balaban J connectivity index is 1.07. The number of rotatable bonds is 10. The van der Waals surface area contributed by atoms with Crippen molar-refractivity contribution >= 4 is 12.0 Å². The number of benzene rings is 1. The Bertz CT molecular complexity index is 1380. The number of halogens is 4. The summed E-state index contributed by atoms with van der Waals surface area (Å²) in [6.07, 6.45) is 4.46. The van der Waals surface area contributed by atoms with E-state index in [9.17, 15) is 22.4 Å². The maximum atomic E-state index is 14.0. The van der Waals surface area contributed by atoms with E-state index in [1.54, 1.807) is 0 Å². The van der Waals surface area contributed by atoms with Crippen LogP contribution in [-0.2, 0) is 25.9 Å². The van der Waals surface area contributed by atoms with Crippen molar-refractivity contribution in [1.29, 1.82) is 0 Å². The monoisotopic (exact) mass is 559 g/mol. The van der Waals surface area contributed by atoms with Gasteiger partial charge in [-0.25, -0.2) is 4.39 Å². The molecular formula is C27H29F4N7O2. The van der Waals surface area contributed by atoms with Crippen molar-refractivity contribution in [3.8, 4) is 5.75 Å². The molecule has 0 bridgehead atoms. The molecule has 0 spiro atoms. The lowest BCUT2D eigenvalue weighted by Crippen LogP contribution is -2.28. The highest BCUT2D eigenvalue weighted by Crippen LogP contribution is 2.32. The van der Waals surface area contributed by atoms with Crippen molar-refractivity contribution in [2.24, 2.45) is 5.92 Å². The minimum Gasteiger partial charge on any atom is -0.406 e. The number of aryl methyl sites for hydroxylation is 2. The molecule has 0 atom stereocenters. The van der Waals surface area contributed by atoms with Crippen LogP contribution < -0.4 is 15.4 Å². The molecule has 2 aliphatic rings. The lowest BCUT2D eigenvalue weighted by molar-refractivity contribution is -0.274. The molecule has 0 unspecified atom stereocenters. The van der Waals surface area contributed by atoms with Gasteiger partial charge in [0.2, 0.25) is 0 Å². The predicted octanol–water partition coefficient (Wildman–Crippen LogP) is 4.00. The number of allylic oxidation sites excluding steroid dienone is 1. The number of ether oxygens (including phenoxy) is 1. The zero-order valence-corrected chi connectivity index (χ0v) is 21.7. The Morgan fingerprint density at radius 3 is 2.75 bits per heavy atom. The fourth-order valence-electron chi connectivity index (χ4n) is 5.00. The van der Waals surface area contributed by atoms with E-state index in [0.29, 0.717) is 12.5 Å². The summed E-state index contributed by atoms with van der Waals surface area (Å²) in [5.74, 6) is -1.35. The Kier molecular flexibility index (Phi) is 8.38. The Morgan fingerprint density at radius 1 is 1.12 bits per heavy atom. The van der Waals surface area contributed by atoms with Crippen LogP contribution in [0.4, 0.5) is 17.6 Å². The van der Waals surface area contributed by atoms with Crippen LogP contribution in [0.2, 0.25) is 0 Å². The number of carbonyl (C=O) groups is 1. The van der Waals surface area contributed by atoms with Gasteiger partial charge in [0, 0.05) is 25.1 Å². The standard InChI is InChI=1S/C27H29F4N7O2/c28-23-5-4-22(40-27(29,30)31)13-20(23)15-33-26(39)25-16-38(37-36-25)10-2-1-3-21-12-19-11-18(14-24(19)35-34-21)17-6-8-32-9-7-17/h4-5,11-13,16-17,32H,1-3,6-10,14-15H2,(H,33,39). The van der Waals surface area contributed by atoms with Gasteiger partial charge in [-0.2, -0.15) is 10.2 Å². The van der Waals surface area contributed by atoms with E-state index in [2.05, 4.69) is 48.0 Å². The van der Waals surface area contributed by atoms with Crippen LogP contribution in [-0.4, -0.2) is 50.6 Å². The summed E-state index contributed by atoms with van der Waals surface area (Å²) >= 11 is 0. The summed E-state index contributed by atoms with van der Waals surface area (Å²) in [5, 5.41) is 22.5. The summed E-state index contributed by atoms with van der Waals surface area (Å²) < 4.78 is 56.6. The number of aromatic nitrogens is 5. The van der Waals surface area contributed by atoms with Crippen LogP contribution in [0, 0.1) is 11.7 Å². The molecule has 2 aromatic heterocycles. The first-order valence-electron chi connectivity index (χ1n) is 13.2. The molecule has 212 valence electrons. The van der Waals surface area contributed by atoms with Gasteiger partial charge in [-0.15, -0.1) is 18.3 Å². The molecule has 0 radical (unpaired) electrons.